The van der Waals surface area contributed by atoms with Gasteiger partial charge in [0.15, 0.2) is 0 Å². The maximum Gasteiger partial charge on any atom is 0.223 e. The van der Waals surface area contributed by atoms with Crippen LogP contribution in [0.25, 0.3) is 0 Å². The average Bonchev–Trinajstić information content (AvgIpc) is 2.28. The third-order valence-electron chi connectivity index (χ3n) is 3.73. The normalized spacial score (nSPS) is 25.3. The second kappa shape index (κ2) is 6.97. The number of hydrogen-bond acceptors (Lipinski definition) is 3. The van der Waals surface area contributed by atoms with Crippen LogP contribution in [0.5, 0.6) is 0 Å². The van der Waals surface area contributed by atoms with Gasteiger partial charge in [-0.05, 0) is 40.2 Å². The van der Waals surface area contributed by atoms with E-state index >= 15 is 0 Å². The number of nitrogens with zero attached hydrogens (tertiary/aromatic N) is 1. The van der Waals surface area contributed by atoms with Crippen LogP contribution in [-0.2, 0) is 4.79 Å². The predicted octanol–water partition coefficient (Wildman–Crippen LogP) is 0.960. The molecule has 100 valence electrons. The standard InChI is InChI=1S/C13H27N3O/c1-10(2)16(3)8-7-15-13(17)11-5-4-6-12(14)9-11/h10-12H,4-9,14H2,1-3H3,(H,15,17). The monoisotopic (exact) mass is 241 g/mol. The van der Waals surface area contributed by atoms with Gasteiger partial charge >= 0.3 is 0 Å². The fourth-order valence-electron chi connectivity index (χ4n) is 2.22. The van der Waals surface area contributed by atoms with Crippen molar-refractivity contribution in [3.8, 4) is 0 Å². The Bertz CT molecular complexity index is 243. The van der Waals surface area contributed by atoms with Gasteiger partial charge in [-0.1, -0.05) is 6.42 Å². The third-order valence-corrected chi connectivity index (χ3v) is 3.73. The van der Waals surface area contributed by atoms with Gasteiger partial charge in [-0.2, -0.15) is 0 Å². The van der Waals surface area contributed by atoms with Gasteiger partial charge in [0.2, 0.25) is 5.91 Å². The van der Waals surface area contributed by atoms with E-state index in [-0.39, 0.29) is 17.9 Å². The quantitative estimate of drug-likeness (QED) is 0.754. The van der Waals surface area contributed by atoms with Crippen molar-refractivity contribution < 1.29 is 4.79 Å². The van der Waals surface area contributed by atoms with Crippen molar-refractivity contribution in [3.63, 3.8) is 0 Å². The van der Waals surface area contributed by atoms with Crippen molar-refractivity contribution in [2.75, 3.05) is 20.1 Å². The molecule has 0 aromatic carbocycles. The SMILES string of the molecule is CC(C)N(C)CCNC(=O)C1CCCC(N)C1. The topological polar surface area (TPSA) is 58.4 Å². The van der Waals surface area contributed by atoms with E-state index in [1.165, 1.54) is 0 Å². The van der Waals surface area contributed by atoms with Gasteiger partial charge in [0.25, 0.3) is 0 Å². The van der Waals surface area contributed by atoms with Crippen LogP contribution >= 0.6 is 0 Å². The molecule has 1 aliphatic carbocycles. The number of carbonyl (C=O) groups excluding carboxylic acids is 1. The lowest BCUT2D eigenvalue weighted by atomic mass is 9.85. The molecule has 0 aromatic rings. The zero-order valence-corrected chi connectivity index (χ0v) is 11.4. The number of carbonyl (C=O) groups is 1. The van der Waals surface area contributed by atoms with E-state index < -0.39 is 0 Å². The Kier molecular flexibility index (Phi) is 5.92. The molecule has 1 aliphatic rings. The Morgan fingerprint density at radius 3 is 2.76 bits per heavy atom. The van der Waals surface area contributed by atoms with Crippen LogP contribution in [-0.4, -0.2) is 43.0 Å². The maximum atomic E-state index is 11.9. The number of amides is 1. The summed E-state index contributed by atoms with van der Waals surface area (Å²) in [5, 5.41) is 3.02. The van der Waals surface area contributed by atoms with E-state index in [1.807, 2.05) is 0 Å². The van der Waals surface area contributed by atoms with E-state index in [0.717, 1.165) is 38.8 Å². The van der Waals surface area contributed by atoms with Gasteiger partial charge in [-0.3, -0.25) is 4.79 Å². The predicted molar refractivity (Wildman–Crippen MR) is 70.7 cm³/mol. The third kappa shape index (κ3) is 5.04. The van der Waals surface area contributed by atoms with Crippen LogP contribution in [0.3, 0.4) is 0 Å². The molecule has 4 heteroatoms. The average molecular weight is 241 g/mol. The Balaban J connectivity index is 2.20. The van der Waals surface area contributed by atoms with Gasteiger partial charge in [-0.15, -0.1) is 0 Å². The molecule has 2 atom stereocenters. The molecule has 0 bridgehead atoms. The molecule has 0 aromatic heterocycles. The summed E-state index contributed by atoms with van der Waals surface area (Å²) in [5.74, 6) is 0.334. The van der Waals surface area contributed by atoms with Crippen molar-refractivity contribution in [1.29, 1.82) is 0 Å². The van der Waals surface area contributed by atoms with E-state index in [9.17, 15) is 4.79 Å². The smallest absolute Gasteiger partial charge is 0.223 e. The van der Waals surface area contributed by atoms with E-state index in [0.29, 0.717) is 6.04 Å². The summed E-state index contributed by atoms with van der Waals surface area (Å²) in [6, 6.07) is 0.743. The number of nitrogens with one attached hydrogen (secondary N) is 1. The minimum absolute atomic E-state index is 0.142. The summed E-state index contributed by atoms with van der Waals surface area (Å²) >= 11 is 0. The number of hydrogen-bond donors (Lipinski definition) is 2. The summed E-state index contributed by atoms with van der Waals surface area (Å²) in [5.41, 5.74) is 5.89. The molecular formula is C13H27N3O. The fraction of sp³-hybridized carbons (Fsp3) is 0.923. The molecule has 0 heterocycles. The molecule has 1 fully saturated rings. The number of likely N-dealkylation sites (N-methyl/N-ethyl adjacent to an activating group) is 1. The molecule has 4 nitrogen and oxygen atoms in total. The van der Waals surface area contributed by atoms with Gasteiger partial charge in [-0.25, -0.2) is 0 Å². The first-order valence-electron chi connectivity index (χ1n) is 6.74. The maximum absolute atomic E-state index is 11.9. The summed E-state index contributed by atoms with van der Waals surface area (Å²) < 4.78 is 0. The zero-order chi connectivity index (χ0) is 12.8. The summed E-state index contributed by atoms with van der Waals surface area (Å²) in [7, 11) is 2.08. The first kappa shape index (κ1) is 14.5. The molecule has 17 heavy (non-hydrogen) atoms. The molecule has 0 saturated heterocycles. The lowest BCUT2D eigenvalue weighted by Gasteiger charge is -2.26. The lowest BCUT2D eigenvalue weighted by Crippen LogP contribution is -2.41. The van der Waals surface area contributed by atoms with Crippen molar-refractivity contribution in [2.24, 2.45) is 11.7 Å². The van der Waals surface area contributed by atoms with Crippen LogP contribution < -0.4 is 11.1 Å². The molecule has 3 N–H and O–H groups in total. The van der Waals surface area contributed by atoms with Crippen molar-refractivity contribution in [3.05, 3.63) is 0 Å². The van der Waals surface area contributed by atoms with Crippen molar-refractivity contribution in [1.82, 2.24) is 10.2 Å². The fourth-order valence-corrected chi connectivity index (χ4v) is 2.22. The second-order valence-electron chi connectivity index (χ2n) is 5.49. The molecule has 1 saturated carbocycles. The Morgan fingerprint density at radius 2 is 2.18 bits per heavy atom. The zero-order valence-electron chi connectivity index (χ0n) is 11.4. The largest absolute Gasteiger partial charge is 0.355 e. The van der Waals surface area contributed by atoms with E-state index in [4.69, 9.17) is 5.73 Å². The number of nitrogens with two attached hydrogens (primary N) is 1. The first-order chi connectivity index (χ1) is 8.00. The van der Waals surface area contributed by atoms with Gasteiger partial charge in [0.05, 0.1) is 0 Å². The van der Waals surface area contributed by atoms with Gasteiger partial charge in [0, 0.05) is 31.1 Å². The highest BCUT2D eigenvalue weighted by Crippen LogP contribution is 2.22. The molecule has 0 radical (unpaired) electrons. The van der Waals surface area contributed by atoms with Crippen LogP contribution in [0.2, 0.25) is 0 Å². The van der Waals surface area contributed by atoms with E-state index in [2.05, 4.69) is 31.1 Å². The van der Waals surface area contributed by atoms with Crippen LogP contribution in [0.15, 0.2) is 0 Å². The van der Waals surface area contributed by atoms with Crippen LogP contribution in [0, 0.1) is 5.92 Å². The molecule has 0 spiro atoms. The summed E-state index contributed by atoms with van der Waals surface area (Å²) in [6.45, 7) is 5.95. The Labute approximate surface area is 105 Å². The Morgan fingerprint density at radius 1 is 1.47 bits per heavy atom. The number of rotatable bonds is 5. The molecule has 1 amide bonds. The lowest BCUT2D eigenvalue weighted by molar-refractivity contribution is -0.126. The molecule has 2 unspecified atom stereocenters. The minimum atomic E-state index is 0.142. The van der Waals surface area contributed by atoms with E-state index in [1.54, 1.807) is 0 Å². The van der Waals surface area contributed by atoms with Crippen LogP contribution in [0.4, 0.5) is 0 Å². The highest BCUT2D eigenvalue weighted by molar-refractivity contribution is 5.78. The van der Waals surface area contributed by atoms with Crippen LogP contribution in [0.1, 0.15) is 39.5 Å². The minimum Gasteiger partial charge on any atom is -0.355 e. The van der Waals surface area contributed by atoms with Gasteiger partial charge in [0.1, 0.15) is 0 Å². The van der Waals surface area contributed by atoms with Gasteiger partial charge < -0.3 is 16.0 Å². The highest BCUT2D eigenvalue weighted by Gasteiger charge is 2.24. The summed E-state index contributed by atoms with van der Waals surface area (Å²) in [6.07, 6.45) is 4.01. The summed E-state index contributed by atoms with van der Waals surface area (Å²) in [4.78, 5) is 14.1. The molecular weight excluding hydrogens is 214 g/mol. The first-order valence-corrected chi connectivity index (χ1v) is 6.74. The highest BCUT2D eigenvalue weighted by atomic mass is 16.1. The molecule has 0 aliphatic heterocycles. The Hall–Kier alpha value is -0.610. The van der Waals surface area contributed by atoms with Crippen molar-refractivity contribution in [2.45, 2.75) is 51.6 Å². The van der Waals surface area contributed by atoms with Crippen molar-refractivity contribution >= 4 is 5.91 Å². The molecule has 1 rings (SSSR count). The second-order valence-corrected chi connectivity index (χ2v) is 5.49.